The third-order valence-corrected chi connectivity index (χ3v) is 3.80. The van der Waals surface area contributed by atoms with Gasteiger partial charge in [-0.15, -0.1) is 11.8 Å². The Hall–Kier alpha value is -1.69. The lowest BCUT2D eigenvalue weighted by molar-refractivity contribution is -0.136. The molecule has 2 unspecified atom stereocenters. The van der Waals surface area contributed by atoms with Gasteiger partial charge in [0.1, 0.15) is 11.0 Å². The minimum atomic E-state index is -0.927. The van der Waals surface area contributed by atoms with Crippen molar-refractivity contribution in [3.05, 3.63) is 24.3 Å². The predicted octanol–water partition coefficient (Wildman–Crippen LogP) is 2.62. The van der Waals surface area contributed by atoms with Crippen molar-refractivity contribution >= 4 is 29.3 Å². The number of hydrogen-bond acceptors (Lipinski definition) is 4. The number of benzene rings is 1. The van der Waals surface area contributed by atoms with Crippen LogP contribution < -0.4 is 10.1 Å². The van der Waals surface area contributed by atoms with Gasteiger partial charge in [-0.2, -0.15) is 0 Å². The zero-order valence-corrected chi connectivity index (χ0v) is 12.6. The molecule has 0 spiro atoms. The molecule has 0 heterocycles. The van der Waals surface area contributed by atoms with E-state index in [4.69, 9.17) is 9.84 Å². The number of nitrogens with one attached hydrogen (secondary N) is 1. The number of carbonyl (C=O) groups excluding carboxylic acids is 1. The molecular weight excluding hydrogens is 278 g/mol. The van der Waals surface area contributed by atoms with Gasteiger partial charge in [-0.25, -0.2) is 0 Å². The van der Waals surface area contributed by atoms with E-state index in [1.807, 2.05) is 13.0 Å². The Bertz CT molecular complexity index is 478. The second-order valence-electron chi connectivity index (χ2n) is 4.18. The third kappa shape index (κ3) is 4.77. The van der Waals surface area contributed by atoms with Gasteiger partial charge in [0, 0.05) is 0 Å². The van der Waals surface area contributed by atoms with Gasteiger partial charge < -0.3 is 15.2 Å². The van der Waals surface area contributed by atoms with Crippen molar-refractivity contribution in [1.29, 1.82) is 0 Å². The minimum absolute atomic E-state index is 0.241. The largest absolute Gasteiger partial charge is 0.492 e. The molecule has 2 atom stereocenters. The highest BCUT2D eigenvalue weighted by atomic mass is 32.2. The summed E-state index contributed by atoms with van der Waals surface area (Å²) in [6, 6.07) is 7.15. The molecule has 1 aromatic carbocycles. The first-order valence-electron chi connectivity index (χ1n) is 6.36. The van der Waals surface area contributed by atoms with E-state index < -0.39 is 16.5 Å². The van der Waals surface area contributed by atoms with E-state index in [1.54, 1.807) is 32.0 Å². The van der Waals surface area contributed by atoms with Crippen LogP contribution in [-0.4, -0.2) is 34.1 Å². The molecular formula is C14H19NO4S. The molecule has 0 fully saturated rings. The summed E-state index contributed by atoms with van der Waals surface area (Å²) in [4.78, 5) is 22.8. The van der Waals surface area contributed by atoms with Crippen molar-refractivity contribution < 1.29 is 19.4 Å². The van der Waals surface area contributed by atoms with Crippen LogP contribution in [0.5, 0.6) is 5.75 Å². The van der Waals surface area contributed by atoms with Gasteiger partial charge in [0.25, 0.3) is 0 Å². The van der Waals surface area contributed by atoms with Crippen LogP contribution >= 0.6 is 11.8 Å². The number of thioether (sulfide) groups is 1. The molecule has 0 radical (unpaired) electrons. The molecule has 110 valence electrons. The fraction of sp³-hybridized carbons (Fsp3) is 0.429. The van der Waals surface area contributed by atoms with Crippen LogP contribution in [0.15, 0.2) is 24.3 Å². The molecule has 1 amide bonds. The van der Waals surface area contributed by atoms with E-state index in [2.05, 4.69) is 5.32 Å². The lowest BCUT2D eigenvalue weighted by atomic mass is 10.3. The van der Waals surface area contributed by atoms with Crippen LogP contribution in [-0.2, 0) is 9.59 Å². The van der Waals surface area contributed by atoms with Gasteiger partial charge in [0.15, 0.2) is 0 Å². The molecule has 1 rings (SSSR count). The average Bonchev–Trinajstić information content (AvgIpc) is 2.40. The van der Waals surface area contributed by atoms with Gasteiger partial charge in [-0.1, -0.05) is 12.1 Å². The van der Waals surface area contributed by atoms with E-state index >= 15 is 0 Å². The first-order valence-corrected chi connectivity index (χ1v) is 7.31. The maximum Gasteiger partial charge on any atom is 0.316 e. The quantitative estimate of drug-likeness (QED) is 0.809. The molecule has 0 saturated heterocycles. The van der Waals surface area contributed by atoms with Crippen molar-refractivity contribution in [2.75, 3.05) is 11.9 Å². The molecule has 0 bridgehead atoms. The van der Waals surface area contributed by atoms with Crippen LogP contribution in [0.4, 0.5) is 5.69 Å². The summed E-state index contributed by atoms with van der Waals surface area (Å²) >= 11 is 1.10. The summed E-state index contributed by atoms with van der Waals surface area (Å²) < 4.78 is 5.42. The number of hydrogen-bond donors (Lipinski definition) is 2. The molecule has 0 aliphatic heterocycles. The smallest absolute Gasteiger partial charge is 0.316 e. The second kappa shape index (κ2) is 7.79. The Balaban J connectivity index is 2.68. The zero-order valence-electron chi connectivity index (χ0n) is 11.8. The number of para-hydroxylation sites is 2. The number of ether oxygens (including phenoxy) is 1. The SMILES string of the molecule is CCOc1ccccc1NC(=O)C(C)SC(C)C(=O)O. The number of carboxylic acids is 1. The Kier molecular flexibility index (Phi) is 6.38. The minimum Gasteiger partial charge on any atom is -0.492 e. The van der Waals surface area contributed by atoms with Gasteiger partial charge in [-0.3, -0.25) is 9.59 Å². The molecule has 5 nitrogen and oxygen atoms in total. The summed E-state index contributed by atoms with van der Waals surface area (Å²) in [6.45, 7) is 5.62. The summed E-state index contributed by atoms with van der Waals surface area (Å²) in [7, 11) is 0. The first-order chi connectivity index (χ1) is 9.45. The Morgan fingerprint density at radius 3 is 2.55 bits per heavy atom. The summed E-state index contributed by atoms with van der Waals surface area (Å²) in [5, 5.41) is 10.5. The first kappa shape index (κ1) is 16.4. The van der Waals surface area contributed by atoms with E-state index in [1.165, 1.54) is 0 Å². The Labute approximate surface area is 122 Å². The monoisotopic (exact) mass is 297 g/mol. The maximum absolute atomic E-state index is 12.0. The maximum atomic E-state index is 12.0. The van der Waals surface area contributed by atoms with Crippen molar-refractivity contribution in [1.82, 2.24) is 0 Å². The van der Waals surface area contributed by atoms with Crippen molar-refractivity contribution in [3.63, 3.8) is 0 Å². The van der Waals surface area contributed by atoms with Crippen LogP contribution in [0.2, 0.25) is 0 Å². The lowest BCUT2D eigenvalue weighted by Gasteiger charge is -2.16. The fourth-order valence-corrected chi connectivity index (χ4v) is 2.42. The highest BCUT2D eigenvalue weighted by Crippen LogP contribution is 2.25. The van der Waals surface area contributed by atoms with Crippen molar-refractivity contribution in [2.24, 2.45) is 0 Å². The van der Waals surface area contributed by atoms with Crippen LogP contribution in [0.25, 0.3) is 0 Å². The van der Waals surface area contributed by atoms with Crippen LogP contribution in [0.3, 0.4) is 0 Å². The van der Waals surface area contributed by atoms with E-state index in [9.17, 15) is 9.59 Å². The summed E-state index contributed by atoms with van der Waals surface area (Å²) in [5.41, 5.74) is 0.592. The third-order valence-electron chi connectivity index (χ3n) is 2.57. The average molecular weight is 297 g/mol. The molecule has 20 heavy (non-hydrogen) atoms. The van der Waals surface area contributed by atoms with Crippen LogP contribution in [0, 0.1) is 0 Å². The Morgan fingerprint density at radius 1 is 1.30 bits per heavy atom. The van der Waals surface area contributed by atoms with Gasteiger partial charge >= 0.3 is 5.97 Å². The number of amides is 1. The number of aliphatic carboxylic acids is 1. The normalized spacial score (nSPS) is 13.3. The number of carboxylic acid groups (broad SMARTS) is 1. The van der Waals surface area contributed by atoms with Gasteiger partial charge in [0.2, 0.25) is 5.91 Å². The summed E-state index contributed by atoms with van der Waals surface area (Å²) in [6.07, 6.45) is 0. The highest BCUT2D eigenvalue weighted by Gasteiger charge is 2.21. The molecule has 6 heteroatoms. The predicted molar refractivity (Wildman–Crippen MR) is 80.4 cm³/mol. The number of rotatable bonds is 7. The Morgan fingerprint density at radius 2 is 1.95 bits per heavy atom. The molecule has 2 N–H and O–H groups in total. The highest BCUT2D eigenvalue weighted by molar-refractivity contribution is 8.01. The second-order valence-corrected chi connectivity index (χ2v) is 5.86. The van der Waals surface area contributed by atoms with E-state index in [-0.39, 0.29) is 5.91 Å². The van der Waals surface area contributed by atoms with Crippen LogP contribution in [0.1, 0.15) is 20.8 Å². The summed E-state index contributed by atoms with van der Waals surface area (Å²) in [5.74, 6) is -0.563. The fourth-order valence-electron chi connectivity index (χ4n) is 1.51. The van der Waals surface area contributed by atoms with Gasteiger partial charge in [-0.05, 0) is 32.9 Å². The molecule has 0 aromatic heterocycles. The van der Waals surface area contributed by atoms with E-state index in [0.29, 0.717) is 18.0 Å². The standard InChI is InChI=1S/C14H19NO4S/c1-4-19-12-8-6-5-7-11(12)15-13(16)9(2)20-10(3)14(17)18/h5-10H,4H2,1-3H3,(H,15,16)(H,17,18). The van der Waals surface area contributed by atoms with Gasteiger partial charge in [0.05, 0.1) is 17.5 Å². The molecule has 1 aromatic rings. The van der Waals surface area contributed by atoms with Crippen molar-refractivity contribution in [3.8, 4) is 5.75 Å². The van der Waals surface area contributed by atoms with Crippen molar-refractivity contribution in [2.45, 2.75) is 31.3 Å². The molecule has 0 aliphatic rings. The lowest BCUT2D eigenvalue weighted by Crippen LogP contribution is -2.26. The topological polar surface area (TPSA) is 75.6 Å². The molecule has 0 aliphatic carbocycles. The zero-order chi connectivity index (χ0) is 15.1. The number of carbonyl (C=O) groups is 2. The van der Waals surface area contributed by atoms with E-state index in [0.717, 1.165) is 11.8 Å². The molecule has 0 saturated carbocycles. The number of anilines is 1.